The predicted octanol–water partition coefficient (Wildman–Crippen LogP) is 1.09. The molecule has 2 amide bonds. The van der Waals surface area contributed by atoms with Crippen molar-refractivity contribution in [2.45, 2.75) is 9.79 Å². The van der Waals surface area contributed by atoms with E-state index in [0.29, 0.717) is 0 Å². The molecule has 1 aliphatic heterocycles. The Morgan fingerprint density at radius 1 is 1.22 bits per heavy atom. The van der Waals surface area contributed by atoms with Gasteiger partial charge in [-0.2, -0.15) is 0 Å². The van der Waals surface area contributed by atoms with Gasteiger partial charge in [0.15, 0.2) is 0 Å². The van der Waals surface area contributed by atoms with Crippen LogP contribution in [0.1, 0.15) is 0 Å². The Labute approximate surface area is 112 Å². The van der Waals surface area contributed by atoms with Crippen LogP contribution in [0.5, 0.6) is 0 Å². The first-order chi connectivity index (χ1) is 8.11. The summed E-state index contributed by atoms with van der Waals surface area (Å²) in [6.07, 6.45) is 0. The van der Waals surface area contributed by atoms with Crippen molar-refractivity contribution in [2.75, 3.05) is 5.32 Å². The normalized spacial score (nSPS) is 17.6. The van der Waals surface area contributed by atoms with Crippen molar-refractivity contribution in [3.63, 3.8) is 0 Å². The Morgan fingerprint density at radius 3 is 2.39 bits per heavy atom. The van der Waals surface area contributed by atoms with Gasteiger partial charge in [-0.3, -0.25) is 0 Å². The Morgan fingerprint density at radius 2 is 1.83 bits per heavy atom. The lowest BCUT2D eigenvalue weighted by Crippen LogP contribution is -2.39. The number of rotatable bonds is 1. The van der Waals surface area contributed by atoms with E-state index >= 15 is 0 Å². The zero-order valence-corrected chi connectivity index (χ0v) is 11.4. The number of benzene rings is 1. The van der Waals surface area contributed by atoms with Crippen LogP contribution in [-0.4, -0.2) is 22.9 Å². The molecule has 0 saturated heterocycles. The quantitative estimate of drug-likeness (QED) is 0.749. The summed E-state index contributed by atoms with van der Waals surface area (Å²) in [6.45, 7) is 0. The lowest BCUT2D eigenvalue weighted by Gasteiger charge is -2.19. The van der Waals surface area contributed by atoms with E-state index in [9.17, 15) is 21.6 Å². The van der Waals surface area contributed by atoms with Crippen LogP contribution in [0.2, 0.25) is 5.02 Å². The molecule has 98 valence electrons. The van der Waals surface area contributed by atoms with Crippen LogP contribution in [0.3, 0.4) is 0 Å². The number of amides is 2. The molecular weight excluding hydrogens is 327 g/mol. The van der Waals surface area contributed by atoms with Crippen LogP contribution in [0.25, 0.3) is 0 Å². The SMILES string of the molecule is O=C1Nc2cc(Cl)c(S(=O)(=O)Cl)cc2S(=O)(=O)N1. The lowest BCUT2D eigenvalue weighted by molar-refractivity contribution is 0.256. The molecule has 1 heterocycles. The zero-order chi connectivity index (χ0) is 13.7. The summed E-state index contributed by atoms with van der Waals surface area (Å²) in [6, 6.07) is 0.824. The topological polar surface area (TPSA) is 109 Å². The average Bonchev–Trinajstić information content (AvgIpc) is 2.12. The molecular formula is C7H4Cl2N2O5S2. The maximum absolute atomic E-state index is 11.6. The van der Waals surface area contributed by atoms with Crippen molar-refractivity contribution >= 4 is 53.1 Å². The molecule has 1 aromatic carbocycles. The van der Waals surface area contributed by atoms with E-state index in [1.807, 2.05) is 0 Å². The van der Waals surface area contributed by atoms with E-state index in [1.165, 1.54) is 0 Å². The second kappa shape index (κ2) is 3.98. The van der Waals surface area contributed by atoms with Gasteiger partial charge in [0.1, 0.15) is 9.79 Å². The molecule has 0 aromatic heterocycles. The maximum Gasteiger partial charge on any atom is 0.333 e. The summed E-state index contributed by atoms with van der Waals surface area (Å²) in [5.74, 6) is 0. The molecule has 2 N–H and O–H groups in total. The van der Waals surface area contributed by atoms with Crippen LogP contribution in [0.15, 0.2) is 21.9 Å². The first-order valence-electron chi connectivity index (χ1n) is 4.23. The molecule has 0 unspecified atom stereocenters. The summed E-state index contributed by atoms with van der Waals surface area (Å²) in [5, 5.41) is 1.89. The van der Waals surface area contributed by atoms with E-state index in [0.717, 1.165) is 12.1 Å². The Balaban J connectivity index is 2.81. The molecule has 0 spiro atoms. The predicted molar refractivity (Wildman–Crippen MR) is 63.8 cm³/mol. The summed E-state index contributed by atoms with van der Waals surface area (Å²) in [5.41, 5.74) is -0.118. The van der Waals surface area contributed by atoms with Crippen molar-refractivity contribution in [1.29, 1.82) is 0 Å². The van der Waals surface area contributed by atoms with Gasteiger partial charge in [0, 0.05) is 10.7 Å². The lowest BCUT2D eigenvalue weighted by atomic mass is 10.3. The number of hydrogen-bond acceptors (Lipinski definition) is 5. The van der Waals surface area contributed by atoms with E-state index in [2.05, 4.69) is 5.32 Å². The third kappa shape index (κ3) is 2.26. The second-order valence-electron chi connectivity index (χ2n) is 3.28. The molecule has 18 heavy (non-hydrogen) atoms. The highest BCUT2D eigenvalue weighted by molar-refractivity contribution is 8.13. The minimum atomic E-state index is -4.20. The monoisotopic (exact) mass is 330 g/mol. The van der Waals surface area contributed by atoms with E-state index in [1.54, 1.807) is 4.72 Å². The van der Waals surface area contributed by atoms with Crippen LogP contribution < -0.4 is 10.0 Å². The fourth-order valence-electron chi connectivity index (χ4n) is 1.37. The third-order valence-electron chi connectivity index (χ3n) is 2.06. The summed E-state index contributed by atoms with van der Waals surface area (Å²) < 4.78 is 47.3. The highest BCUT2D eigenvalue weighted by atomic mass is 35.7. The summed E-state index contributed by atoms with van der Waals surface area (Å²) in [7, 11) is -3.22. The van der Waals surface area contributed by atoms with Gasteiger partial charge < -0.3 is 5.32 Å². The van der Waals surface area contributed by atoms with Crippen molar-refractivity contribution in [2.24, 2.45) is 0 Å². The molecule has 2 rings (SSSR count). The molecule has 0 saturated carbocycles. The van der Waals surface area contributed by atoms with Crippen LogP contribution >= 0.6 is 22.3 Å². The second-order valence-corrected chi connectivity index (χ2v) is 7.87. The highest BCUT2D eigenvalue weighted by Gasteiger charge is 2.30. The molecule has 11 heteroatoms. The number of nitrogens with one attached hydrogen (secondary N) is 2. The zero-order valence-electron chi connectivity index (χ0n) is 8.27. The van der Waals surface area contributed by atoms with Gasteiger partial charge >= 0.3 is 6.03 Å². The number of urea groups is 1. The molecule has 0 aliphatic carbocycles. The summed E-state index contributed by atoms with van der Waals surface area (Å²) in [4.78, 5) is 10.1. The van der Waals surface area contributed by atoms with Crippen molar-refractivity contribution in [3.05, 3.63) is 17.2 Å². The Bertz CT molecular complexity index is 756. The maximum atomic E-state index is 11.6. The molecule has 0 radical (unpaired) electrons. The van der Waals surface area contributed by atoms with Gasteiger partial charge in [-0.05, 0) is 12.1 Å². The fourth-order valence-corrected chi connectivity index (χ4v) is 4.04. The minimum absolute atomic E-state index is 0.118. The number of sulfonamides is 1. The molecule has 0 atom stereocenters. The molecule has 1 aromatic rings. The number of carbonyl (C=O) groups is 1. The van der Waals surface area contributed by atoms with Crippen LogP contribution in [-0.2, 0) is 19.1 Å². The van der Waals surface area contributed by atoms with Crippen molar-refractivity contribution in [1.82, 2.24) is 4.72 Å². The first-order valence-corrected chi connectivity index (χ1v) is 8.40. The van der Waals surface area contributed by atoms with Gasteiger partial charge in [0.05, 0.1) is 10.7 Å². The Hall–Kier alpha value is -1.03. The fraction of sp³-hybridized carbons (Fsp3) is 0. The number of anilines is 1. The molecule has 7 nitrogen and oxygen atoms in total. The van der Waals surface area contributed by atoms with Gasteiger partial charge in [-0.15, -0.1) is 0 Å². The van der Waals surface area contributed by atoms with E-state index in [4.69, 9.17) is 22.3 Å². The van der Waals surface area contributed by atoms with Crippen molar-refractivity contribution < 1.29 is 21.6 Å². The standard InChI is InChI=1S/C7H4Cl2N2O5S2/c8-3-1-4-6(2-5(3)17(9,13)14)18(15,16)11-7(12)10-4/h1-2H,(H2,10,11,12). The largest absolute Gasteiger partial charge is 0.333 e. The number of hydrogen-bond donors (Lipinski definition) is 2. The molecule has 1 aliphatic rings. The minimum Gasteiger partial charge on any atom is -0.306 e. The number of carbonyl (C=O) groups excluding carboxylic acids is 1. The van der Waals surface area contributed by atoms with E-state index in [-0.39, 0.29) is 10.7 Å². The van der Waals surface area contributed by atoms with Gasteiger partial charge in [0.2, 0.25) is 0 Å². The number of fused-ring (bicyclic) bond motifs is 1. The molecule has 0 bridgehead atoms. The number of halogens is 2. The smallest absolute Gasteiger partial charge is 0.306 e. The van der Waals surface area contributed by atoms with Crippen LogP contribution in [0.4, 0.5) is 10.5 Å². The van der Waals surface area contributed by atoms with Crippen LogP contribution in [0, 0.1) is 0 Å². The molecule has 0 fully saturated rings. The van der Waals surface area contributed by atoms with Gasteiger partial charge in [-0.1, -0.05) is 11.6 Å². The first kappa shape index (κ1) is 13.4. The average molecular weight is 331 g/mol. The summed E-state index contributed by atoms with van der Waals surface area (Å²) >= 11 is 5.66. The van der Waals surface area contributed by atoms with Gasteiger partial charge in [-0.25, -0.2) is 26.4 Å². The van der Waals surface area contributed by atoms with Gasteiger partial charge in [0.25, 0.3) is 19.1 Å². The Kier molecular flexibility index (Phi) is 2.97. The van der Waals surface area contributed by atoms with Crippen molar-refractivity contribution in [3.8, 4) is 0 Å². The third-order valence-corrected chi connectivity index (χ3v) is 5.22. The van der Waals surface area contributed by atoms with E-state index < -0.39 is 34.9 Å². The highest BCUT2D eigenvalue weighted by Crippen LogP contribution is 2.34.